The number of aliphatic hydroxyl groups excluding tert-OH is 1. The highest BCUT2D eigenvalue weighted by Gasteiger charge is 2.13. The molecule has 0 saturated carbocycles. The van der Waals surface area contributed by atoms with Gasteiger partial charge >= 0.3 is 6.03 Å². The highest BCUT2D eigenvalue weighted by Crippen LogP contribution is 2.15. The van der Waals surface area contributed by atoms with E-state index >= 15 is 0 Å². The molecule has 2 aromatic rings. The molecule has 0 saturated heterocycles. The van der Waals surface area contributed by atoms with Crippen molar-refractivity contribution >= 4 is 6.03 Å². The van der Waals surface area contributed by atoms with Crippen LogP contribution in [0, 0.1) is 5.82 Å². The number of urea groups is 1. The predicted octanol–water partition coefficient (Wildman–Crippen LogP) is 1.65. The van der Waals surface area contributed by atoms with Crippen LogP contribution in [-0.4, -0.2) is 27.5 Å². The van der Waals surface area contributed by atoms with Gasteiger partial charge in [0.2, 0.25) is 0 Å². The Hall–Kier alpha value is -2.41. The van der Waals surface area contributed by atoms with Crippen molar-refractivity contribution in [3.8, 4) is 0 Å². The van der Waals surface area contributed by atoms with E-state index in [1.165, 1.54) is 12.1 Å². The van der Waals surface area contributed by atoms with Crippen LogP contribution in [0.3, 0.4) is 0 Å². The summed E-state index contributed by atoms with van der Waals surface area (Å²) in [4.78, 5) is 11.8. The summed E-state index contributed by atoms with van der Waals surface area (Å²) in [5.41, 5.74) is 2.03. The third-order valence-electron chi connectivity index (χ3n) is 3.49. The molecule has 0 bridgehead atoms. The number of halogens is 1. The van der Waals surface area contributed by atoms with E-state index in [1.807, 2.05) is 20.2 Å². The molecule has 0 spiro atoms. The molecule has 0 aliphatic carbocycles. The van der Waals surface area contributed by atoms with Crippen LogP contribution >= 0.6 is 0 Å². The lowest BCUT2D eigenvalue weighted by molar-refractivity contribution is 0.169. The maximum Gasteiger partial charge on any atom is 0.315 e. The number of hydrogen-bond donors (Lipinski definition) is 3. The Bertz CT molecular complexity index is 672. The molecule has 1 aromatic carbocycles. The quantitative estimate of drug-likeness (QED) is 0.757. The van der Waals surface area contributed by atoms with E-state index in [0.717, 1.165) is 17.7 Å². The average Bonchev–Trinajstić information content (AvgIpc) is 2.91. The molecule has 1 aromatic heterocycles. The van der Waals surface area contributed by atoms with E-state index in [1.54, 1.807) is 16.8 Å². The summed E-state index contributed by atoms with van der Waals surface area (Å²) >= 11 is 0. The molecule has 0 aliphatic heterocycles. The highest BCUT2D eigenvalue weighted by molar-refractivity contribution is 5.73. The second-order valence-corrected chi connectivity index (χ2v) is 5.23. The number of carbonyl (C=O) groups is 1. The molecule has 1 atom stereocenters. The standard InChI is InChI=1S/C16H21FN4O2/c1-3-14-11(10-21(2)20-14)8-18-16(23)19-9-15(22)12-6-4-5-7-13(12)17/h4-7,10,15,22H,3,8-9H2,1-2H3,(H2,18,19,23). The molecule has 1 unspecified atom stereocenters. The second-order valence-electron chi connectivity index (χ2n) is 5.23. The van der Waals surface area contributed by atoms with Crippen LogP contribution in [0.2, 0.25) is 0 Å². The number of rotatable bonds is 6. The third-order valence-corrected chi connectivity index (χ3v) is 3.49. The minimum Gasteiger partial charge on any atom is -0.386 e. The van der Waals surface area contributed by atoms with E-state index in [-0.39, 0.29) is 12.1 Å². The van der Waals surface area contributed by atoms with Crippen LogP contribution in [0.4, 0.5) is 9.18 Å². The van der Waals surface area contributed by atoms with Crippen LogP contribution in [-0.2, 0) is 20.0 Å². The van der Waals surface area contributed by atoms with Gasteiger partial charge in [-0.05, 0) is 12.5 Å². The van der Waals surface area contributed by atoms with Gasteiger partial charge in [-0.25, -0.2) is 9.18 Å². The SMILES string of the molecule is CCc1nn(C)cc1CNC(=O)NCC(O)c1ccccc1F. The number of nitrogens with one attached hydrogen (secondary N) is 2. The number of aromatic nitrogens is 2. The number of benzene rings is 1. The fourth-order valence-corrected chi connectivity index (χ4v) is 2.31. The van der Waals surface area contributed by atoms with Crippen molar-refractivity contribution in [2.45, 2.75) is 26.0 Å². The Labute approximate surface area is 134 Å². The summed E-state index contributed by atoms with van der Waals surface area (Å²) in [5.74, 6) is -0.495. The van der Waals surface area contributed by atoms with Crippen molar-refractivity contribution < 1.29 is 14.3 Å². The van der Waals surface area contributed by atoms with E-state index in [2.05, 4.69) is 15.7 Å². The molecule has 23 heavy (non-hydrogen) atoms. The van der Waals surface area contributed by atoms with Crippen LogP contribution in [0.5, 0.6) is 0 Å². The van der Waals surface area contributed by atoms with E-state index in [0.29, 0.717) is 6.54 Å². The third kappa shape index (κ3) is 4.53. The van der Waals surface area contributed by atoms with Gasteiger partial charge in [0.05, 0.1) is 11.8 Å². The van der Waals surface area contributed by atoms with Gasteiger partial charge in [0.1, 0.15) is 5.82 Å². The largest absolute Gasteiger partial charge is 0.386 e. The molecular formula is C16H21FN4O2. The van der Waals surface area contributed by atoms with Gasteiger partial charge in [-0.2, -0.15) is 5.10 Å². The fraction of sp³-hybridized carbons (Fsp3) is 0.375. The van der Waals surface area contributed by atoms with Crippen LogP contribution < -0.4 is 10.6 Å². The minimum atomic E-state index is -1.09. The van der Waals surface area contributed by atoms with Gasteiger partial charge in [-0.3, -0.25) is 4.68 Å². The lowest BCUT2D eigenvalue weighted by Gasteiger charge is -2.13. The topological polar surface area (TPSA) is 79.2 Å². The summed E-state index contributed by atoms with van der Waals surface area (Å²) in [6.07, 6.45) is 1.55. The number of hydrogen-bond acceptors (Lipinski definition) is 3. The molecule has 2 rings (SSSR count). The summed E-state index contributed by atoms with van der Waals surface area (Å²) in [7, 11) is 1.83. The van der Waals surface area contributed by atoms with Gasteiger partial charge in [-0.1, -0.05) is 25.1 Å². The Morgan fingerprint density at radius 3 is 2.83 bits per heavy atom. The van der Waals surface area contributed by atoms with Crippen molar-refractivity contribution in [3.05, 3.63) is 53.1 Å². The molecule has 6 nitrogen and oxygen atoms in total. The zero-order valence-corrected chi connectivity index (χ0v) is 13.2. The second kappa shape index (κ2) is 7.73. The fourth-order valence-electron chi connectivity index (χ4n) is 2.31. The van der Waals surface area contributed by atoms with Crippen molar-refractivity contribution in [1.82, 2.24) is 20.4 Å². The van der Waals surface area contributed by atoms with Crippen molar-refractivity contribution in [2.24, 2.45) is 7.05 Å². The smallest absolute Gasteiger partial charge is 0.315 e. The molecule has 2 amide bonds. The summed E-state index contributed by atoms with van der Waals surface area (Å²) < 4.78 is 15.2. The first-order valence-electron chi connectivity index (χ1n) is 7.46. The Morgan fingerprint density at radius 1 is 1.39 bits per heavy atom. The number of aliphatic hydroxyl groups is 1. The van der Waals surface area contributed by atoms with Crippen LogP contribution in [0.15, 0.2) is 30.5 Å². The predicted molar refractivity (Wildman–Crippen MR) is 84.2 cm³/mol. The van der Waals surface area contributed by atoms with Crippen LogP contribution in [0.25, 0.3) is 0 Å². The van der Waals surface area contributed by atoms with Gasteiger partial charge in [0.15, 0.2) is 0 Å². The lowest BCUT2D eigenvalue weighted by atomic mass is 10.1. The average molecular weight is 320 g/mol. The molecule has 0 radical (unpaired) electrons. The normalized spacial score (nSPS) is 12.0. The lowest BCUT2D eigenvalue weighted by Crippen LogP contribution is -2.37. The summed E-state index contributed by atoms with van der Waals surface area (Å²) in [5, 5.41) is 19.4. The van der Waals surface area contributed by atoms with Gasteiger partial charge in [0, 0.05) is 37.5 Å². The van der Waals surface area contributed by atoms with Gasteiger partial charge < -0.3 is 15.7 Å². The van der Waals surface area contributed by atoms with Crippen molar-refractivity contribution in [1.29, 1.82) is 0 Å². The molecule has 7 heteroatoms. The number of amides is 2. The Morgan fingerprint density at radius 2 is 2.13 bits per heavy atom. The maximum atomic E-state index is 13.5. The maximum absolute atomic E-state index is 13.5. The monoisotopic (exact) mass is 320 g/mol. The minimum absolute atomic E-state index is 0.0690. The first-order chi connectivity index (χ1) is 11.0. The van der Waals surface area contributed by atoms with Gasteiger partial charge in [0.25, 0.3) is 0 Å². The Kier molecular flexibility index (Phi) is 5.70. The number of carbonyl (C=O) groups excluding carboxylic acids is 1. The Balaban J connectivity index is 1.82. The molecule has 0 aliphatic rings. The highest BCUT2D eigenvalue weighted by atomic mass is 19.1. The van der Waals surface area contributed by atoms with Crippen LogP contribution in [0.1, 0.15) is 29.8 Å². The van der Waals surface area contributed by atoms with E-state index < -0.39 is 18.0 Å². The molecule has 1 heterocycles. The van der Waals surface area contributed by atoms with Crippen molar-refractivity contribution in [2.75, 3.05) is 6.54 Å². The summed E-state index contributed by atoms with van der Waals surface area (Å²) in [6, 6.07) is 5.52. The van der Waals surface area contributed by atoms with Gasteiger partial charge in [-0.15, -0.1) is 0 Å². The molecular weight excluding hydrogens is 299 g/mol. The zero-order chi connectivity index (χ0) is 16.8. The van der Waals surface area contributed by atoms with Crippen molar-refractivity contribution in [3.63, 3.8) is 0 Å². The van der Waals surface area contributed by atoms with E-state index in [4.69, 9.17) is 0 Å². The number of aryl methyl sites for hydroxylation is 2. The summed E-state index contributed by atoms with van der Waals surface area (Å²) in [6.45, 7) is 2.27. The molecule has 124 valence electrons. The molecule has 0 fully saturated rings. The molecule has 3 N–H and O–H groups in total. The first-order valence-corrected chi connectivity index (χ1v) is 7.46. The zero-order valence-electron chi connectivity index (χ0n) is 13.2. The number of nitrogens with zero attached hydrogens (tertiary/aromatic N) is 2. The van der Waals surface area contributed by atoms with E-state index in [9.17, 15) is 14.3 Å². The first kappa shape index (κ1) is 17.0.